The molecule has 0 spiro atoms. The van der Waals surface area contributed by atoms with Crippen LogP contribution in [0.1, 0.15) is 56.7 Å². The fraction of sp³-hybridized carbons (Fsp3) is 0.368. The van der Waals surface area contributed by atoms with Crippen LogP contribution in [0.25, 0.3) is 0 Å². The molecule has 100 valence electrons. The maximum atomic E-state index is 2.34. The quantitative estimate of drug-likeness (QED) is 0.671. The van der Waals surface area contributed by atoms with Gasteiger partial charge in [0.25, 0.3) is 0 Å². The van der Waals surface area contributed by atoms with Gasteiger partial charge in [0.2, 0.25) is 0 Å². The summed E-state index contributed by atoms with van der Waals surface area (Å²) in [6.45, 7) is 9.09. The SMILES string of the molecule is CCC(C)(c1ccccc1)c1ccc(C(C)C)cc1. The second-order valence-electron chi connectivity index (χ2n) is 5.83. The Kier molecular flexibility index (Phi) is 4.09. The third-order valence-electron chi connectivity index (χ3n) is 4.33. The highest BCUT2D eigenvalue weighted by Gasteiger charge is 2.26. The molecule has 0 radical (unpaired) electrons. The van der Waals surface area contributed by atoms with E-state index in [1.54, 1.807) is 0 Å². The van der Waals surface area contributed by atoms with E-state index in [1.807, 2.05) is 0 Å². The minimum absolute atomic E-state index is 0.108. The lowest BCUT2D eigenvalue weighted by atomic mass is 9.74. The highest BCUT2D eigenvalue weighted by atomic mass is 14.3. The van der Waals surface area contributed by atoms with Gasteiger partial charge in [0.15, 0.2) is 0 Å². The Balaban J connectivity index is 2.41. The van der Waals surface area contributed by atoms with Gasteiger partial charge in [0.1, 0.15) is 0 Å². The van der Waals surface area contributed by atoms with Crippen LogP contribution in [-0.4, -0.2) is 0 Å². The van der Waals surface area contributed by atoms with Crippen LogP contribution in [0.3, 0.4) is 0 Å². The maximum Gasteiger partial charge on any atom is 0.0172 e. The van der Waals surface area contributed by atoms with Crippen molar-refractivity contribution in [3.05, 3.63) is 71.3 Å². The molecule has 0 bridgehead atoms. The molecule has 0 heteroatoms. The first-order valence-corrected chi connectivity index (χ1v) is 7.24. The Morgan fingerprint density at radius 1 is 0.842 bits per heavy atom. The zero-order chi connectivity index (χ0) is 13.9. The molecule has 2 rings (SSSR count). The van der Waals surface area contributed by atoms with Gasteiger partial charge in [0.05, 0.1) is 0 Å². The molecule has 0 heterocycles. The van der Waals surface area contributed by atoms with E-state index in [-0.39, 0.29) is 5.41 Å². The smallest absolute Gasteiger partial charge is 0.0172 e. The molecule has 0 saturated heterocycles. The molecule has 1 atom stereocenters. The van der Waals surface area contributed by atoms with Crippen LogP contribution in [0.2, 0.25) is 0 Å². The highest BCUT2D eigenvalue weighted by molar-refractivity contribution is 5.39. The van der Waals surface area contributed by atoms with E-state index < -0.39 is 0 Å². The van der Waals surface area contributed by atoms with Crippen molar-refractivity contribution in [3.63, 3.8) is 0 Å². The summed E-state index contributed by atoms with van der Waals surface area (Å²) in [5.74, 6) is 0.596. The van der Waals surface area contributed by atoms with E-state index >= 15 is 0 Å². The first-order chi connectivity index (χ1) is 9.08. The summed E-state index contributed by atoms with van der Waals surface area (Å²) in [5, 5.41) is 0. The van der Waals surface area contributed by atoms with Crippen molar-refractivity contribution in [3.8, 4) is 0 Å². The summed E-state index contributed by atoms with van der Waals surface area (Å²) >= 11 is 0. The molecule has 0 aliphatic carbocycles. The molecule has 0 fully saturated rings. The van der Waals surface area contributed by atoms with Gasteiger partial charge >= 0.3 is 0 Å². The van der Waals surface area contributed by atoms with Crippen LogP contribution in [0.5, 0.6) is 0 Å². The lowest BCUT2D eigenvalue weighted by Gasteiger charge is -2.30. The average molecular weight is 252 g/mol. The standard InChI is InChI=1S/C19H24/c1-5-19(4,17-9-7-6-8-10-17)18-13-11-16(12-14-18)15(2)3/h6-15H,5H2,1-4H3. The fourth-order valence-corrected chi connectivity index (χ4v) is 2.62. The molecule has 0 nitrogen and oxygen atoms in total. The van der Waals surface area contributed by atoms with Gasteiger partial charge in [-0.1, -0.05) is 82.3 Å². The largest absolute Gasteiger partial charge is 0.0642 e. The molecule has 0 aliphatic heterocycles. The predicted octanol–water partition coefficient (Wildman–Crippen LogP) is 5.53. The number of rotatable bonds is 4. The van der Waals surface area contributed by atoms with E-state index in [0.29, 0.717) is 5.92 Å². The van der Waals surface area contributed by atoms with Crippen molar-refractivity contribution in [1.29, 1.82) is 0 Å². The molecule has 0 amide bonds. The minimum atomic E-state index is 0.108. The number of hydrogen-bond acceptors (Lipinski definition) is 0. The van der Waals surface area contributed by atoms with Gasteiger partial charge < -0.3 is 0 Å². The Morgan fingerprint density at radius 3 is 1.84 bits per heavy atom. The highest BCUT2D eigenvalue weighted by Crippen LogP contribution is 2.35. The third-order valence-corrected chi connectivity index (χ3v) is 4.33. The third kappa shape index (κ3) is 2.73. The zero-order valence-electron chi connectivity index (χ0n) is 12.5. The van der Waals surface area contributed by atoms with Crippen LogP contribution in [0.4, 0.5) is 0 Å². The van der Waals surface area contributed by atoms with Gasteiger partial charge in [-0.05, 0) is 29.0 Å². The van der Waals surface area contributed by atoms with Crippen molar-refractivity contribution in [2.75, 3.05) is 0 Å². The van der Waals surface area contributed by atoms with E-state index in [1.165, 1.54) is 16.7 Å². The molecule has 0 N–H and O–H groups in total. The summed E-state index contributed by atoms with van der Waals surface area (Å²) in [6.07, 6.45) is 1.11. The number of benzene rings is 2. The van der Waals surface area contributed by atoms with Crippen LogP contribution in [0.15, 0.2) is 54.6 Å². The summed E-state index contributed by atoms with van der Waals surface area (Å²) in [7, 11) is 0. The van der Waals surface area contributed by atoms with E-state index in [4.69, 9.17) is 0 Å². The Morgan fingerprint density at radius 2 is 1.37 bits per heavy atom. The Hall–Kier alpha value is -1.56. The van der Waals surface area contributed by atoms with Gasteiger partial charge in [-0.3, -0.25) is 0 Å². The molecule has 19 heavy (non-hydrogen) atoms. The van der Waals surface area contributed by atoms with Crippen LogP contribution in [-0.2, 0) is 5.41 Å². The lowest BCUT2D eigenvalue weighted by molar-refractivity contribution is 0.549. The summed E-state index contributed by atoms with van der Waals surface area (Å²) in [6, 6.07) is 20.0. The van der Waals surface area contributed by atoms with Crippen molar-refractivity contribution in [1.82, 2.24) is 0 Å². The molecule has 2 aromatic rings. The van der Waals surface area contributed by atoms with Crippen LogP contribution in [0, 0.1) is 0 Å². The van der Waals surface area contributed by atoms with E-state index in [0.717, 1.165) is 6.42 Å². The summed E-state index contributed by atoms with van der Waals surface area (Å²) < 4.78 is 0. The summed E-state index contributed by atoms with van der Waals surface area (Å²) in [5.41, 5.74) is 4.33. The molecule has 1 unspecified atom stereocenters. The van der Waals surface area contributed by atoms with Gasteiger partial charge in [-0.2, -0.15) is 0 Å². The molecule has 2 aromatic carbocycles. The fourth-order valence-electron chi connectivity index (χ4n) is 2.62. The predicted molar refractivity (Wildman–Crippen MR) is 83.7 cm³/mol. The minimum Gasteiger partial charge on any atom is -0.0642 e. The monoisotopic (exact) mass is 252 g/mol. The first-order valence-electron chi connectivity index (χ1n) is 7.24. The van der Waals surface area contributed by atoms with Gasteiger partial charge in [0, 0.05) is 5.41 Å². The van der Waals surface area contributed by atoms with Crippen LogP contribution >= 0.6 is 0 Å². The normalized spacial score (nSPS) is 14.4. The molecule has 0 aromatic heterocycles. The van der Waals surface area contributed by atoms with Crippen LogP contribution < -0.4 is 0 Å². The molecular formula is C19H24. The average Bonchev–Trinajstić information content (AvgIpc) is 2.47. The van der Waals surface area contributed by atoms with E-state index in [9.17, 15) is 0 Å². The molecular weight excluding hydrogens is 228 g/mol. The van der Waals surface area contributed by atoms with Crippen molar-refractivity contribution < 1.29 is 0 Å². The van der Waals surface area contributed by atoms with Crippen molar-refractivity contribution >= 4 is 0 Å². The zero-order valence-corrected chi connectivity index (χ0v) is 12.5. The van der Waals surface area contributed by atoms with Gasteiger partial charge in [-0.15, -0.1) is 0 Å². The molecule has 0 saturated carbocycles. The number of hydrogen-bond donors (Lipinski definition) is 0. The van der Waals surface area contributed by atoms with E-state index in [2.05, 4.69) is 82.3 Å². The Labute approximate surface area is 117 Å². The first kappa shape index (κ1) is 13.9. The second kappa shape index (κ2) is 5.61. The van der Waals surface area contributed by atoms with Gasteiger partial charge in [-0.25, -0.2) is 0 Å². The summed E-state index contributed by atoms with van der Waals surface area (Å²) in [4.78, 5) is 0. The second-order valence-corrected chi connectivity index (χ2v) is 5.83. The van der Waals surface area contributed by atoms with Crippen molar-refractivity contribution in [2.24, 2.45) is 0 Å². The Bertz CT molecular complexity index is 507. The topological polar surface area (TPSA) is 0 Å². The maximum absolute atomic E-state index is 2.34. The lowest BCUT2D eigenvalue weighted by Crippen LogP contribution is -2.22. The van der Waals surface area contributed by atoms with Crippen molar-refractivity contribution in [2.45, 2.75) is 45.4 Å². The molecule has 0 aliphatic rings.